The molecular formula is C17H20N2O4. The number of fused-ring (bicyclic) bond motifs is 1. The van der Waals surface area contributed by atoms with E-state index >= 15 is 0 Å². The van der Waals surface area contributed by atoms with Crippen molar-refractivity contribution in [1.82, 2.24) is 9.88 Å². The number of ether oxygens (including phenoxy) is 1. The lowest BCUT2D eigenvalue weighted by molar-refractivity contribution is -0.141. The molecule has 0 aliphatic heterocycles. The van der Waals surface area contributed by atoms with Crippen LogP contribution in [0.5, 0.6) is 0 Å². The number of nitrogens with zero attached hydrogens (tertiary/aromatic N) is 1. The van der Waals surface area contributed by atoms with Crippen LogP contribution >= 0.6 is 0 Å². The van der Waals surface area contributed by atoms with Gasteiger partial charge in [0.05, 0.1) is 12.7 Å². The van der Waals surface area contributed by atoms with E-state index in [4.69, 9.17) is 0 Å². The number of rotatable bonds is 5. The molecule has 23 heavy (non-hydrogen) atoms. The van der Waals surface area contributed by atoms with Gasteiger partial charge in [-0.25, -0.2) is 0 Å². The van der Waals surface area contributed by atoms with Gasteiger partial charge in [-0.15, -0.1) is 0 Å². The number of H-pyrrole nitrogens is 1. The molecule has 6 nitrogen and oxygen atoms in total. The van der Waals surface area contributed by atoms with Crippen LogP contribution < -0.4 is 5.56 Å². The molecule has 6 heteroatoms. The molecule has 1 N–H and O–H groups in total. The average Bonchev–Trinajstić information content (AvgIpc) is 2.57. The molecule has 0 aliphatic carbocycles. The predicted molar refractivity (Wildman–Crippen MR) is 87.4 cm³/mol. The number of amides is 1. The first-order valence-corrected chi connectivity index (χ1v) is 7.47. The number of hydrogen-bond acceptors (Lipinski definition) is 4. The number of pyridine rings is 1. The van der Waals surface area contributed by atoms with Crippen LogP contribution in [0.15, 0.2) is 35.1 Å². The molecule has 1 amide bonds. The van der Waals surface area contributed by atoms with Gasteiger partial charge >= 0.3 is 5.97 Å². The van der Waals surface area contributed by atoms with Gasteiger partial charge in [0.2, 0.25) is 5.56 Å². The molecule has 1 aromatic carbocycles. The number of benzene rings is 1. The summed E-state index contributed by atoms with van der Waals surface area (Å²) in [4.78, 5) is 40.5. The van der Waals surface area contributed by atoms with E-state index in [1.807, 2.05) is 13.8 Å². The minimum atomic E-state index is -0.493. The molecular weight excluding hydrogens is 296 g/mol. The predicted octanol–water partition coefficient (Wildman–Crippen LogP) is 1.94. The molecule has 0 unspecified atom stereocenters. The average molecular weight is 316 g/mol. The molecule has 1 heterocycles. The molecule has 122 valence electrons. The number of aromatic amines is 1. The lowest BCUT2D eigenvalue weighted by Gasteiger charge is -2.27. The van der Waals surface area contributed by atoms with Crippen LogP contribution in [0.4, 0.5) is 0 Å². The van der Waals surface area contributed by atoms with Gasteiger partial charge in [0.15, 0.2) is 0 Å². The molecule has 0 fully saturated rings. The van der Waals surface area contributed by atoms with E-state index in [9.17, 15) is 14.4 Å². The number of carbonyl (C=O) groups excluding carboxylic acids is 2. The lowest BCUT2D eigenvalue weighted by atomic mass is 10.1. The molecule has 2 rings (SSSR count). The van der Waals surface area contributed by atoms with E-state index in [0.717, 1.165) is 0 Å². The van der Waals surface area contributed by atoms with Gasteiger partial charge in [0.1, 0.15) is 6.54 Å². The lowest BCUT2D eigenvalue weighted by Crippen LogP contribution is -2.42. The van der Waals surface area contributed by atoms with E-state index in [2.05, 4.69) is 9.72 Å². The molecule has 2 aromatic rings. The van der Waals surface area contributed by atoms with Gasteiger partial charge in [-0.2, -0.15) is 0 Å². The summed E-state index contributed by atoms with van der Waals surface area (Å²) >= 11 is 0. The Morgan fingerprint density at radius 3 is 2.65 bits per heavy atom. The van der Waals surface area contributed by atoms with Crippen molar-refractivity contribution in [2.24, 2.45) is 0 Å². The largest absolute Gasteiger partial charge is 0.468 e. The maximum Gasteiger partial charge on any atom is 0.325 e. The number of esters is 1. The second-order valence-electron chi connectivity index (χ2n) is 5.36. The second-order valence-corrected chi connectivity index (χ2v) is 5.36. The smallest absolute Gasteiger partial charge is 0.325 e. The standard InChI is InChI=1S/C17H20N2O4/c1-4-11(2)19(10-16(21)23-3)17(22)13-9-15(20)18-14-8-6-5-7-12(13)14/h5-9,11H,4,10H2,1-3H3,(H,18,20)/t11-/m0/s1. The minimum absolute atomic E-state index is 0.147. The van der Waals surface area contributed by atoms with Gasteiger partial charge in [-0.05, 0) is 19.4 Å². The third-order valence-electron chi connectivity index (χ3n) is 3.89. The number of nitrogens with one attached hydrogen (secondary N) is 1. The van der Waals surface area contributed by atoms with E-state index in [1.54, 1.807) is 24.3 Å². The van der Waals surface area contributed by atoms with Crippen LogP contribution in [0.25, 0.3) is 10.9 Å². The van der Waals surface area contributed by atoms with E-state index in [0.29, 0.717) is 17.3 Å². The third-order valence-corrected chi connectivity index (χ3v) is 3.89. The monoisotopic (exact) mass is 316 g/mol. The Morgan fingerprint density at radius 1 is 1.30 bits per heavy atom. The quantitative estimate of drug-likeness (QED) is 0.855. The van der Waals surface area contributed by atoms with E-state index in [-0.39, 0.29) is 29.6 Å². The Bertz CT molecular complexity index is 782. The Labute approximate surface area is 134 Å². The summed E-state index contributed by atoms with van der Waals surface area (Å²) in [5, 5.41) is 0.648. The van der Waals surface area contributed by atoms with Crippen molar-refractivity contribution in [3.8, 4) is 0 Å². The van der Waals surface area contributed by atoms with E-state index < -0.39 is 5.97 Å². The van der Waals surface area contributed by atoms with Crippen LogP contribution in [-0.4, -0.2) is 41.5 Å². The van der Waals surface area contributed by atoms with Crippen LogP contribution in [0.3, 0.4) is 0 Å². The second kappa shape index (κ2) is 7.09. The number of hydrogen-bond donors (Lipinski definition) is 1. The highest BCUT2D eigenvalue weighted by atomic mass is 16.5. The van der Waals surface area contributed by atoms with Gasteiger partial charge < -0.3 is 14.6 Å². The topological polar surface area (TPSA) is 79.5 Å². The van der Waals surface area contributed by atoms with Gasteiger partial charge in [-0.3, -0.25) is 14.4 Å². The molecule has 0 saturated carbocycles. The normalized spacial score (nSPS) is 12.0. The first-order valence-electron chi connectivity index (χ1n) is 7.47. The Balaban J connectivity index is 2.51. The third kappa shape index (κ3) is 3.59. The fourth-order valence-electron chi connectivity index (χ4n) is 2.39. The van der Waals surface area contributed by atoms with Crippen molar-refractivity contribution >= 4 is 22.8 Å². The maximum absolute atomic E-state index is 12.9. The first kappa shape index (κ1) is 16.7. The van der Waals surface area contributed by atoms with Crippen LogP contribution in [0.2, 0.25) is 0 Å². The highest BCUT2D eigenvalue weighted by molar-refractivity contribution is 6.06. The summed E-state index contributed by atoms with van der Waals surface area (Å²) in [5.41, 5.74) is 0.522. The number of carbonyl (C=O) groups is 2. The first-order chi connectivity index (χ1) is 11.0. The maximum atomic E-state index is 12.9. The molecule has 0 radical (unpaired) electrons. The molecule has 0 bridgehead atoms. The summed E-state index contributed by atoms with van der Waals surface area (Å²) in [6, 6.07) is 8.21. The molecule has 0 spiro atoms. The fraction of sp³-hybridized carbons (Fsp3) is 0.353. The summed E-state index contributed by atoms with van der Waals surface area (Å²) in [5.74, 6) is -0.847. The highest BCUT2D eigenvalue weighted by Crippen LogP contribution is 2.18. The van der Waals surface area contributed by atoms with Gasteiger partial charge in [0, 0.05) is 23.0 Å². The molecule has 0 aliphatic rings. The Morgan fingerprint density at radius 2 is 2.00 bits per heavy atom. The van der Waals surface area contributed by atoms with Crippen LogP contribution in [-0.2, 0) is 9.53 Å². The summed E-state index contributed by atoms with van der Waals surface area (Å²) in [6.07, 6.45) is 0.684. The van der Waals surface area contributed by atoms with E-state index in [1.165, 1.54) is 18.1 Å². The zero-order chi connectivity index (χ0) is 17.0. The Kier molecular flexibility index (Phi) is 5.16. The fourth-order valence-corrected chi connectivity index (χ4v) is 2.39. The van der Waals surface area contributed by atoms with Crippen molar-refractivity contribution < 1.29 is 14.3 Å². The summed E-state index contributed by atoms with van der Waals surface area (Å²) in [6.45, 7) is 3.64. The van der Waals surface area contributed by atoms with Crippen molar-refractivity contribution in [2.75, 3.05) is 13.7 Å². The number of para-hydroxylation sites is 1. The highest BCUT2D eigenvalue weighted by Gasteiger charge is 2.25. The minimum Gasteiger partial charge on any atom is -0.468 e. The summed E-state index contributed by atoms with van der Waals surface area (Å²) < 4.78 is 4.67. The van der Waals surface area contributed by atoms with Crippen molar-refractivity contribution in [1.29, 1.82) is 0 Å². The van der Waals surface area contributed by atoms with Crippen molar-refractivity contribution in [3.63, 3.8) is 0 Å². The zero-order valence-electron chi connectivity index (χ0n) is 13.5. The van der Waals surface area contributed by atoms with Crippen molar-refractivity contribution in [3.05, 3.63) is 46.2 Å². The summed E-state index contributed by atoms with van der Waals surface area (Å²) in [7, 11) is 1.28. The number of methoxy groups -OCH3 is 1. The SMILES string of the molecule is CC[C@H](C)N(CC(=O)OC)C(=O)c1cc(=O)[nH]c2ccccc12. The molecule has 0 saturated heterocycles. The van der Waals surface area contributed by atoms with Crippen LogP contribution in [0, 0.1) is 0 Å². The number of aromatic nitrogens is 1. The Hall–Kier alpha value is -2.63. The van der Waals surface area contributed by atoms with Gasteiger partial charge in [-0.1, -0.05) is 25.1 Å². The van der Waals surface area contributed by atoms with Crippen molar-refractivity contribution in [2.45, 2.75) is 26.3 Å². The molecule has 1 aromatic heterocycles. The zero-order valence-corrected chi connectivity index (χ0v) is 13.5. The van der Waals surface area contributed by atoms with Gasteiger partial charge in [0.25, 0.3) is 5.91 Å². The van der Waals surface area contributed by atoms with Crippen LogP contribution in [0.1, 0.15) is 30.6 Å². The molecule has 1 atom stereocenters.